The van der Waals surface area contributed by atoms with Crippen molar-refractivity contribution in [2.45, 2.75) is 44.9 Å². The fourth-order valence-electron chi connectivity index (χ4n) is 4.91. The van der Waals surface area contributed by atoms with E-state index in [1.54, 1.807) is 0 Å². The van der Waals surface area contributed by atoms with Crippen molar-refractivity contribution in [2.75, 3.05) is 19.7 Å². The van der Waals surface area contributed by atoms with Crippen LogP contribution in [0.25, 0.3) is 0 Å². The molecule has 5 heteroatoms. The quantitative estimate of drug-likeness (QED) is 0.342. The average molecular weight is 474 g/mol. The fourth-order valence-corrected chi connectivity index (χ4v) is 9.58. The van der Waals surface area contributed by atoms with Gasteiger partial charge in [-0.15, -0.1) is 0 Å². The van der Waals surface area contributed by atoms with Crippen molar-refractivity contribution in [2.24, 2.45) is 0 Å². The van der Waals surface area contributed by atoms with Crippen LogP contribution in [0.1, 0.15) is 32.8 Å². The molecule has 0 aromatic heterocycles. The highest BCUT2D eigenvalue weighted by Crippen LogP contribution is 2.38. The summed E-state index contributed by atoms with van der Waals surface area (Å²) >= 11 is 0. The summed E-state index contributed by atoms with van der Waals surface area (Å²) in [6, 6.07) is 31.3. The lowest BCUT2D eigenvalue weighted by molar-refractivity contribution is -0.128. The molecule has 1 aliphatic rings. The van der Waals surface area contributed by atoms with Gasteiger partial charge < -0.3 is 14.1 Å². The number of carbonyl (C=O) groups excluding carboxylic acids is 1. The lowest BCUT2D eigenvalue weighted by atomic mass is 10.2. The predicted octanol–water partition coefficient (Wildman–Crippen LogP) is 4.38. The van der Waals surface area contributed by atoms with E-state index < -0.39 is 8.32 Å². The lowest BCUT2D eigenvalue weighted by Gasteiger charge is -2.44. The zero-order chi connectivity index (χ0) is 24.0. The molecule has 0 aliphatic carbocycles. The minimum Gasteiger partial charge on any atom is -0.402 e. The largest absolute Gasteiger partial charge is 0.402 e. The smallest absolute Gasteiger partial charge is 0.261 e. The van der Waals surface area contributed by atoms with Crippen LogP contribution in [0.15, 0.2) is 91.0 Å². The van der Waals surface area contributed by atoms with Gasteiger partial charge in [0.05, 0.1) is 25.7 Å². The first-order chi connectivity index (χ1) is 16.4. The molecule has 1 atom stereocenters. The predicted molar refractivity (Wildman–Crippen MR) is 140 cm³/mol. The van der Waals surface area contributed by atoms with Crippen LogP contribution in [-0.2, 0) is 20.6 Å². The van der Waals surface area contributed by atoms with Crippen molar-refractivity contribution in [1.82, 2.24) is 4.90 Å². The summed E-state index contributed by atoms with van der Waals surface area (Å²) < 4.78 is 13.0. The summed E-state index contributed by atoms with van der Waals surface area (Å²) in [6.07, 6.45) is 0.288. The molecule has 34 heavy (non-hydrogen) atoms. The summed E-state index contributed by atoms with van der Waals surface area (Å²) in [5, 5.41) is 2.38. The van der Waals surface area contributed by atoms with Crippen LogP contribution in [0.2, 0.25) is 5.04 Å². The fraction of sp³-hybridized carbons (Fsp3) is 0.345. The van der Waals surface area contributed by atoms with E-state index in [-0.39, 0.29) is 17.0 Å². The summed E-state index contributed by atoms with van der Waals surface area (Å²) in [6.45, 7) is 9.09. The average Bonchev–Trinajstić information content (AvgIpc) is 3.20. The number of rotatable bonds is 9. The third kappa shape index (κ3) is 5.33. The van der Waals surface area contributed by atoms with Gasteiger partial charge in [-0.3, -0.25) is 4.79 Å². The molecular weight excluding hydrogens is 438 g/mol. The number of hydrogen-bond acceptors (Lipinski definition) is 3. The van der Waals surface area contributed by atoms with Crippen LogP contribution in [-0.4, -0.2) is 44.9 Å². The Morgan fingerprint density at radius 2 is 1.38 bits per heavy atom. The number of ether oxygens (including phenoxy) is 1. The lowest BCUT2D eigenvalue weighted by Crippen LogP contribution is -2.67. The second-order valence-corrected chi connectivity index (χ2v) is 14.2. The van der Waals surface area contributed by atoms with Crippen LogP contribution in [0, 0.1) is 0 Å². The Balaban J connectivity index is 1.49. The van der Waals surface area contributed by atoms with E-state index in [1.165, 1.54) is 10.4 Å². The SMILES string of the molecule is CC(C)(C)[Si](O[C@@H]1CC(=O)N(CCOCc2ccccc2)C1)(c1ccccc1)c1ccccc1. The highest BCUT2D eigenvalue weighted by molar-refractivity contribution is 6.99. The topological polar surface area (TPSA) is 38.8 Å². The molecule has 0 radical (unpaired) electrons. The second kappa shape index (κ2) is 10.7. The maximum Gasteiger partial charge on any atom is 0.261 e. The molecule has 3 aromatic carbocycles. The molecule has 0 saturated carbocycles. The van der Waals surface area contributed by atoms with Crippen molar-refractivity contribution in [1.29, 1.82) is 0 Å². The Morgan fingerprint density at radius 3 is 1.91 bits per heavy atom. The maximum atomic E-state index is 12.9. The number of hydrogen-bond donors (Lipinski definition) is 0. The minimum atomic E-state index is -2.67. The Kier molecular flexibility index (Phi) is 7.66. The van der Waals surface area contributed by atoms with Gasteiger partial charge in [0.2, 0.25) is 5.91 Å². The van der Waals surface area contributed by atoms with Crippen molar-refractivity contribution in [3.05, 3.63) is 96.6 Å². The highest BCUT2D eigenvalue weighted by atomic mass is 28.4. The van der Waals surface area contributed by atoms with E-state index >= 15 is 0 Å². The third-order valence-corrected chi connectivity index (χ3v) is 11.6. The van der Waals surface area contributed by atoms with Crippen molar-refractivity contribution in [3.63, 3.8) is 0 Å². The van der Waals surface area contributed by atoms with E-state index in [2.05, 4.69) is 81.4 Å². The van der Waals surface area contributed by atoms with E-state index in [4.69, 9.17) is 9.16 Å². The number of amides is 1. The van der Waals surface area contributed by atoms with Crippen LogP contribution in [0.3, 0.4) is 0 Å². The summed E-state index contributed by atoms with van der Waals surface area (Å²) in [7, 11) is -2.67. The molecule has 0 spiro atoms. The van der Waals surface area contributed by atoms with E-state index in [0.29, 0.717) is 32.7 Å². The first-order valence-corrected chi connectivity index (χ1v) is 14.0. The van der Waals surface area contributed by atoms with Crippen LogP contribution in [0.4, 0.5) is 0 Å². The Morgan fingerprint density at radius 1 is 0.853 bits per heavy atom. The Labute approximate surface area is 204 Å². The number of likely N-dealkylation sites (tertiary alicyclic amines) is 1. The molecule has 1 fully saturated rings. The molecule has 4 nitrogen and oxygen atoms in total. The van der Waals surface area contributed by atoms with Crippen LogP contribution >= 0.6 is 0 Å². The van der Waals surface area contributed by atoms with Gasteiger partial charge >= 0.3 is 0 Å². The standard InChI is InChI=1S/C29H35NO3Si/c1-29(2,3)34(26-15-9-5-10-16-26,27-17-11-6-12-18-27)33-25-21-28(31)30(22-25)19-20-32-23-24-13-7-4-8-14-24/h4-18,25H,19-23H2,1-3H3/t25-/m1/s1. The zero-order valence-electron chi connectivity index (χ0n) is 20.4. The van der Waals surface area contributed by atoms with Gasteiger partial charge in [-0.1, -0.05) is 112 Å². The number of benzene rings is 3. The molecule has 178 valence electrons. The molecule has 0 N–H and O–H groups in total. The Hall–Kier alpha value is -2.73. The van der Waals surface area contributed by atoms with Gasteiger partial charge in [-0.05, 0) is 21.0 Å². The van der Waals surface area contributed by atoms with Crippen LogP contribution in [0.5, 0.6) is 0 Å². The van der Waals surface area contributed by atoms with E-state index in [0.717, 1.165) is 5.56 Å². The number of carbonyl (C=O) groups is 1. The molecule has 1 heterocycles. The van der Waals surface area contributed by atoms with Crippen molar-refractivity contribution in [3.8, 4) is 0 Å². The molecule has 3 aromatic rings. The molecule has 0 unspecified atom stereocenters. The summed E-state index contributed by atoms with van der Waals surface area (Å²) in [5.41, 5.74) is 1.14. The maximum absolute atomic E-state index is 12.9. The van der Waals surface area contributed by atoms with Crippen molar-refractivity contribution < 1.29 is 14.0 Å². The first kappa shape index (κ1) is 24.4. The normalized spacial score (nSPS) is 16.7. The Bertz CT molecular complexity index is 1010. The van der Waals surface area contributed by atoms with Gasteiger partial charge in [0.15, 0.2) is 0 Å². The van der Waals surface area contributed by atoms with E-state index in [1.807, 2.05) is 35.2 Å². The van der Waals surface area contributed by atoms with Gasteiger partial charge in [0, 0.05) is 13.1 Å². The molecule has 1 aliphatic heterocycles. The monoisotopic (exact) mass is 473 g/mol. The molecular formula is C29H35NO3Si. The van der Waals surface area contributed by atoms with Crippen LogP contribution < -0.4 is 10.4 Å². The highest BCUT2D eigenvalue weighted by Gasteiger charge is 2.52. The minimum absolute atomic E-state index is 0.106. The summed E-state index contributed by atoms with van der Waals surface area (Å²) in [4.78, 5) is 14.8. The first-order valence-electron chi connectivity index (χ1n) is 12.1. The van der Waals surface area contributed by atoms with E-state index in [9.17, 15) is 4.79 Å². The van der Waals surface area contributed by atoms with Gasteiger partial charge in [-0.2, -0.15) is 0 Å². The number of nitrogens with zero attached hydrogens (tertiary/aromatic N) is 1. The second-order valence-electron chi connectivity index (χ2n) is 9.99. The molecule has 1 saturated heterocycles. The summed E-state index contributed by atoms with van der Waals surface area (Å²) in [5.74, 6) is 0.145. The third-order valence-electron chi connectivity index (χ3n) is 6.56. The molecule has 4 rings (SSSR count). The van der Waals surface area contributed by atoms with Gasteiger partial charge in [0.1, 0.15) is 0 Å². The van der Waals surface area contributed by atoms with Gasteiger partial charge in [-0.25, -0.2) is 0 Å². The zero-order valence-corrected chi connectivity index (χ0v) is 21.4. The molecule has 1 amide bonds. The van der Waals surface area contributed by atoms with Crippen molar-refractivity contribution >= 4 is 24.6 Å². The van der Waals surface area contributed by atoms with Gasteiger partial charge in [0.25, 0.3) is 8.32 Å². The molecule has 0 bridgehead atoms.